The van der Waals surface area contributed by atoms with E-state index in [0.717, 1.165) is 0 Å². The summed E-state index contributed by atoms with van der Waals surface area (Å²) in [5, 5.41) is 9.54. The Morgan fingerprint density at radius 1 is 1.04 bits per heavy atom. The van der Waals surface area contributed by atoms with Crippen molar-refractivity contribution in [2.45, 2.75) is 19.9 Å². The van der Waals surface area contributed by atoms with Crippen LogP contribution >= 0.6 is 11.3 Å². The van der Waals surface area contributed by atoms with Crippen LogP contribution in [0.4, 0.5) is 0 Å². The summed E-state index contributed by atoms with van der Waals surface area (Å²) in [5.74, 6) is 0.324. The largest absolute Gasteiger partial charge is 0.478 e. The van der Waals surface area contributed by atoms with Gasteiger partial charge in [-0.2, -0.15) is 0 Å². The fourth-order valence-electron chi connectivity index (χ4n) is 5.68. The van der Waals surface area contributed by atoms with Crippen LogP contribution in [0.15, 0.2) is 98.6 Å². The van der Waals surface area contributed by atoms with Gasteiger partial charge in [-0.25, -0.2) is 14.6 Å². The molecule has 3 aromatic carbocycles. The van der Waals surface area contributed by atoms with Gasteiger partial charge in [0.1, 0.15) is 11.5 Å². The molecule has 0 bridgehead atoms. The Labute approximate surface area is 265 Å². The molecule has 1 atom stereocenters. The zero-order valence-electron chi connectivity index (χ0n) is 24.7. The highest BCUT2D eigenvalue weighted by molar-refractivity contribution is 7.07. The molecule has 0 spiro atoms. The van der Waals surface area contributed by atoms with E-state index in [-0.39, 0.29) is 30.1 Å². The van der Waals surface area contributed by atoms with Crippen LogP contribution in [0.25, 0.3) is 23.1 Å². The number of hydrogen-bond donors (Lipinski definition) is 1. The Bertz CT molecular complexity index is 2240. The second-order valence-electron chi connectivity index (χ2n) is 10.5. The summed E-state index contributed by atoms with van der Waals surface area (Å²) in [4.78, 5) is 44.8. The van der Waals surface area contributed by atoms with Crippen LogP contribution in [0.5, 0.6) is 11.5 Å². The van der Waals surface area contributed by atoms with Gasteiger partial charge in [0.15, 0.2) is 16.3 Å². The number of hydrogen-bond acceptors (Lipinski definition) is 9. The minimum Gasteiger partial charge on any atom is -0.478 e. The quantitative estimate of drug-likeness (QED) is 0.250. The van der Waals surface area contributed by atoms with Gasteiger partial charge in [-0.3, -0.25) is 9.36 Å². The number of ether oxygens (including phenoxy) is 3. The van der Waals surface area contributed by atoms with Crippen molar-refractivity contribution < 1.29 is 33.3 Å². The number of aromatic carboxylic acids is 1. The minimum absolute atomic E-state index is 0.0721. The van der Waals surface area contributed by atoms with Crippen molar-refractivity contribution in [1.29, 1.82) is 0 Å². The van der Waals surface area contributed by atoms with Crippen molar-refractivity contribution in [1.82, 2.24) is 4.57 Å². The number of benzene rings is 3. The lowest BCUT2D eigenvalue weighted by Crippen LogP contribution is -2.40. The van der Waals surface area contributed by atoms with Crippen LogP contribution < -0.4 is 24.4 Å². The molecule has 230 valence electrons. The molecule has 1 N–H and O–H groups in total. The van der Waals surface area contributed by atoms with Crippen molar-refractivity contribution in [3.63, 3.8) is 0 Å². The third-order valence-electron chi connectivity index (χ3n) is 7.82. The average molecular weight is 635 g/mol. The van der Waals surface area contributed by atoms with E-state index in [9.17, 15) is 19.5 Å². The molecule has 0 aliphatic carbocycles. The highest BCUT2D eigenvalue weighted by Gasteiger charge is 2.36. The molecule has 2 aliphatic rings. The monoisotopic (exact) mass is 634 g/mol. The number of thiazole rings is 1. The number of fused-ring (bicyclic) bond motifs is 2. The second-order valence-corrected chi connectivity index (χ2v) is 11.5. The van der Waals surface area contributed by atoms with E-state index < -0.39 is 18.0 Å². The van der Waals surface area contributed by atoms with Gasteiger partial charge in [0.25, 0.3) is 5.56 Å². The van der Waals surface area contributed by atoms with Gasteiger partial charge in [-0.15, -0.1) is 0 Å². The molecular formula is C35H26N2O8S. The van der Waals surface area contributed by atoms with Crippen molar-refractivity contribution in [3.8, 4) is 22.8 Å². The van der Waals surface area contributed by atoms with Gasteiger partial charge in [0.2, 0.25) is 6.79 Å². The van der Waals surface area contributed by atoms with Gasteiger partial charge < -0.3 is 23.7 Å². The normalized spacial score (nSPS) is 15.4. The highest BCUT2D eigenvalue weighted by atomic mass is 32.1. The molecular weight excluding hydrogens is 608 g/mol. The number of aromatic nitrogens is 1. The fraction of sp³-hybridized carbons (Fsp3) is 0.143. The van der Waals surface area contributed by atoms with Gasteiger partial charge in [-0.1, -0.05) is 59.9 Å². The number of furan rings is 1. The SMILES string of the molecule is CCOC(=O)C1=C(c2ccccc2)N=c2s/c(=C\c3ccc(-c4cccc(C(=O)O)c4C)o3)c(=O)n2[C@H]1c1ccc2c(c1)OCO2. The molecule has 0 saturated carbocycles. The molecule has 2 aromatic heterocycles. The fourth-order valence-corrected chi connectivity index (χ4v) is 6.66. The van der Waals surface area contributed by atoms with E-state index in [1.165, 1.54) is 22.0 Å². The van der Waals surface area contributed by atoms with Crippen LogP contribution in [-0.2, 0) is 9.53 Å². The summed E-state index contributed by atoms with van der Waals surface area (Å²) in [7, 11) is 0. The zero-order chi connectivity index (χ0) is 31.9. The van der Waals surface area contributed by atoms with Crippen LogP contribution in [0.3, 0.4) is 0 Å². The molecule has 10 nitrogen and oxygen atoms in total. The molecule has 7 rings (SSSR count). The number of carboxylic acids is 1. The second kappa shape index (κ2) is 11.7. The van der Waals surface area contributed by atoms with E-state index in [2.05, 4.69) is 0 Å². The Kier molecular flexibility index (Phi) is 7.37. The minimum atomic E-state index is -1.03. The van der Waals surface area contributed by atoms with Crippen LogP contribution in [0, 0.1) is 6.92 Å². The predicted octanol–water partition coefficient (Wildman–Crippen LogP) is 4.93. The zero-order valence-corrected chi connectivity index (χ0v) is 25.5. The first kappa shape index (κ1) is 29.1. The summed E-state index contributed by atoms with van der Waals surface area (Å²) >= 11 is 1.17. The lowest BCUT2D eigenvalue weighted by molar-refractivity contribution is -0.138. The van der Waals surface area contributed by atoms with Crippen molar-refractivity contribution in [3.05, 3.63) is 132 Å². The molecule has 0 fully saturated rings. The van der Waals surface area contributed by atoms with E-state index in [1.807, 2.05) is 30.3 Å². The molecule has 2 aliphatic heterocycles. The van der Waals surface area contributed by atoms with E-state index in [4.69, 9.17) is 23.6 Å². The van der Waals surface area contributed by atoms with Crippen molar-refractivity contribution >= 4 is 35.0 Å². The molecule has 0 amide bonds. The first-order valence-corrected chi connectivity index (χ1v) is 15.3. The summed E-state index contributed by atoms with van der Waals surface area (Å²) < 4.78 is 24.6. The smallest absolute Gasteiger partial charge is 0.338 e. The number of carbonyl (C=O) groups excluding carboxylic acids is 1. The van der Waals surface area contributed by atoms with Crippen LogP contribution in [-0.4, -0.2) is 35.0 Å². The summed E-state index contributed by atoms with van der Waals surface area (Å²) in [6, 6.07) is 22.2. The van der Waals surface area contributed by atoms with Gasteiger partial charge >= 0.3 is 11.9 Å². The lowest BCUT2D eigenvalue weighted by Gasteiger charge is -2.26. The number of rotatable bonds is 7. The maximum absolute atomic E-state index is 14.2. The summed E-state index contributed by atoms with van der Waals surface area (Å²) in [5.41, 5.74) is 2.96. The summed E-state index contributed by atoms with van der Waals surface area (Å²) in [6.07, 6.45) is 1.62. The van der Waals surface area contributed by atoms with Gasteiger partial charge in [0.05, 0.1) is 34.0 Å². The van der Waals surface area contributed by atoms with Crippen molar-refractivity contribution in [2.24, 2.45) is 4.99 Å². The standard InChI is InChI=1S/C35H26N2O8S/c1-3-42-34(41)29-30(20-8-5-4-6-9-20)36-35-37(31(29)21-12-14-26-27(16-21)44-18-43-26)32(38)28(46-35)17-22-13-15-25(45-22)23-10-7-11-24(19(23)2)33(39)40/h4-17,31H,3,18H2,1-2H3,(H,39,40)/b28-17-/t31-/m0/s1. The van der Waals surface area contributed by atoms with E-state index >= 15 is 0 Å². The maximum atomic E-state index is 14.2. The molecule has 5 aromatic rings. The number of carboxylic acid groups (broad SMARTS) is 1. The van der Waals surface area contributed by atoms with Crippen LogP contribution in [0.2, 0.25) is 0 Å². The van der Waals surface area contributed by atoms with E-state index in [1.54, 1.807) is 62.4 Å². The third-order valence-corrected chi connectivity index (χ3v) is 8.80. The predicted molar refractivity (Wildman–Crippen MR) is 169 cm³/mol. The van der Waals surface area contributed by atoms with E-state index in [0.29, 0.717) is 60.3 Å². The molecule has 0 unspecified atom stereocenters. The third kappa shape index (κ3) is 5.00. The Hall–Kier alpha value is -5.68. The number of nitrogens with zero attached hydrogens (tertiary/aromatic N) is 2. The maximum Gasteiger partial charge on any atom is 0.338 e. The van der Waals surface area contributed by atoms with Gasteiger partial charge in [-0.05, 0) is 55.3 Å². The number of esters is 1. The Morgan fingerprint density at radius 2 is 1.85 bits per heavy atom. The Morgan fingerprint density at radius 3 is 2.63 bits per heavy atom. The van der Waals surface area contributed by atoms with Crippen molar-refractivity contribution in [2.75, 3.05) is 13.4 Å². The molecule has 46 heavy (non-hydrogen) atoms. The highest BCUT2D eigenvalue weighted by Crippen LogP contribution is 2.40. The molecule has 4 heterocycles. The lowest BCUT2D eigenvalue weighted by atomic mass is 9.93. The topological polar surface area (TPSA) is 130 Å². The van der Waals surface area contributed by atoms with Gasteiger partial charge in [0, 0.05) is 17.2 Å². The van der Waals surface area contributed by atoms with Crippen LogP contribution in [0.1, 0.15) is 45.8 Å². The first-order valence-electron chi connectivity index (χ1n) is 14.4. The summed E-state index contributed by atoms with van der Waals surface area (Å²) in [6.45, 7) is 3.66. The molecule has 11 heteroatoms. The molecule has 0 radical (unpaired) electrons. The number of carbonyl (C=O) groups is 2. The first-order chi connectivity index (χ1) is 22.3. The average Bonchev–Trinajstić information content (AvgIpc) is 3.80. The Balaban J connectivity index is 1.42. The molecule has 0 saturated heterocycles.